The van der Waals surface area contributed by atoms with Crippen molar-refractivity contribution in [3.63, 3.8) is 0 Å². The highest BCUT2D eigenvalue weighted by Crippen LogP contribution is 2.45. The average molecular weight is 1450 g/mol. The minimum absolute atomic E-state index is 0.0713. The minimum atomic E-state index is -4.99. The number of rotatable bonds is 73. The summed E-state index contributed by atoms with van der Waals surface area (Å²) in [6.07, 6.45) is 77.8. The zero-order valence-electron chi connectivity index (χ0n) is 62.8. The van der Waals surface area contributed by atoms with Crippen LogP contribution < -0.4 is 0 Å². The van der Waals surface area contributed by atoms with Gasteiger partial charge in [-0.15, -0.1) is 0 Å². The van der Waals surface area contributed by atoms with Gasteiger partial charge in [0.1, 0.15) is 19.3 Å². The van der Waals surface area contributed by atoms with E-state index in [9.17, 15) is 43.2 Å². The van der Waals surface area contributed by atoms with Gasteiger partial charge in [-0.3, -0.25) is 37.3 Å². The van der Waals surface area contributed by atoms with Gasteiger partial charge in [0.25, 0.3) is 0 Å². The molecular weight excluding hydrogens is 1310 g/mol. The smallest absolute Gasteiger partial charge is 0.462 e. The standard InChI is InChI=1S/C81H140O17P2/c1-5-9-13-17-21-25-29-33-36-37-40-43-46-50-54-58-62-66-79(84)92-71-76(97-80(85)67-63-59-55-51-47-41-32-28-24-20-16-12-8-4)73-95-99(87,88)93-69-75(82)70-94-100(89,90)96-74-77(98-81(86)68-64-60-56-52-48-44-39-35-31-27-23-19-15-11-7-3)72-91-78(83)65-61-57-53-49-45-42-38-34-30-26-22-18-14-10-6-2/h9,13,16,20-22,25-26,28,32-36,38-40,43,75-77,82H,5-8,10-12,14-15,17-19,23-24,27,29-31,37,41-42,44-74H2,1-4H3,(H,87,88)(H,89,90)/b13-9-,20-16-,25-21-,26-22-,32-28-,36-33-,38-34-,39-35-,43-40-. The molecule has 0 radical (unpaired) electrons. The Bertz CT molecular complexity index is 2320. The van der Waals surface area contributed by atoms with E-state index in [0.717, 1.165) is 186 Å². The zero-order chi connectivity index (χ0) is 73.2. The van der Waals surface area contributed by atoms with E-state index in [1.165, 1.54) is 57.8 Å². The van der Waals surface area contributed by atoms with Crippen LogP contribution in [-0.2, 0) is 65.4 Å². The number of hydrogen-bond donors (Lipinski definition) is 3. The Morgan fingerprint density at radius 2 is 0.540 bits per heavy atom. The van der Waals surface area contributed by atoms with Crippen LogP contribution >= 0.6 is 15.6 Å². The number of ether oxygens (including phenoxy) is 4. The van der Waals surface area contributed by atoms with Crippen molar-refractivity contribution in [3.8, 4) is 0 Å². The summed E-state index contributed by atoms with van der Waals surface area (Å²) < 4.78 is 68.5. The molecule has 0 heterocycles. The van der Waals surface area contributed by atoms with E-state index in [1.54, 1.807) is 0 Å². The van der Waals surface area contributed by atoms with Gasteiger partial charge in [0.2, 0.25) is 0 Å². The van der Waals surface area contributed by atoms with Crippen molar-refractivity contribution in [3.05, 3.63) is 109 Å². The van der Waals surface area contributed by atoms with Crippen molar-refractivity contribution >= 4 is 39.5 Å². The maximum atomic E-state index is 13.1. The first-order valence-electron chi connectivity index (χ1n) is 39.1. The number of phosphoric ester groups is 2. The van der Waals surface area contributed by atoms with Gasteiger partial charge >= 0.3 is 39.5 Å². The minimum Gasteiger partial charge on any atom is -0.462 e. The van der Waals surface area contributed by atoms with Crippen LogP contribution in [0.2, 0.25) is 0 Å². The predicted molar refractivity (Wildman–Crippen MR) is 408 cm³/mol. The van der Waals surface area contributed by atoms with Crippen LogP contribution in [0, 0.1) is 0 Å². The number of aliphatic hydroxyl groups is 1. The molecule has 0 aromatic carbocycles. The number of hydrogen-bond acceptors (Lipinski definition) is 15. The highest BCUT2D eigenvalue weighted by atomic mass is 31.2. The lowest BCUT2D eigenvalue weighted by atomic mass is 10.1. The number of unbranched alkanes of at least 4 members (excludes halogenated alkanes) is 29. The molecular formula is C81H140O17P2. The molecule has 0 aliphatic rings. The third-order valence-electron chi connectivity index (χ3n) is 16.2. The molecule has 0 aromatic rings. The summed E-state index contributed by atoms with van der Waals surface area (Å²) in [5.41, 5.74) is 0. The highest BCUT2D eigenvalue weighted by molar-refractivity contribution is 7.47. The van der Waals surface area contributed by atoms with Crippen LogP contribution in [0.3, 0.4) is 0 Å². The number of aliphatic hydroxyl groups excluding tert-OH is 1. The van der Waals surface area contributed by atoms with Crippen LogP contribution in [0.25, 0.3) is 0 Å². The summed E-state index contributed by atoms with van der Waals surface area (Å²) in [5.74, 6) is -2.23. The molecule has 576 valence electrons. The van der Waals surface area contributed by atoms with Gasteiger partial charge in [-0.2, -0.15) is 0 Å². The maximum Gasteiger partial charge on any atom is 0.472 e. The maximum absolute atomic E-state index is 13.1. The Kier molecular flexibility index (Phi) is 69.9. The van der Waals surface area contributed by atoms with Crippen LogP contribution in [-0.4, -0.2) is 96.7 Å². The number of carbonyl (C=O) groups is 4. The van der Waals surface area contributed by atoms with Crippen molar-refractivity contribution in [1.82, 2.24) is 0 Å². The Balaban J connectivity index is 5.39. The normalized spacial score (nSPS) is 14.5. The lowest BCUT2D eigenvalue weighted by molar-refractivity contribution is -0.161. The average Bonchev–Trinajstić information content (AvgIpc) is 0.965. The van der Waals surface area contributed by atoms with E-state index < -0.39 is 97.5 Å². The van der Waals surface area contributed by atoms with Gasteiger partial charge in [0.15, 0.2) is 12.2 Å². The van der Waals surface area contributed by atoms with Crippen LogP contribution in [0.15, 0.2) is 109 Å². The van der Waals surface area contributed by atoms with Crippen molar-refractivity contribution in [2.75, 3.05) is 39.6 Å². The quantitative estimate of drug-likeness (QED) is 0.0169. The van der Waals surface area contributed by atoms with Gasteiger partial charge in [-0.25, -0.2) is 9.13 Å². The summed E-state index contributed by atoms with van der Waals surface area (Å²) in [7, 11) is -9.97. The number of allylic oxidation sites excluding steroid dienone is 18. The summed E-state index contributed by atoms with van der Waals surface area (Å²) in [6, 6.07) is 0. The highest BCUT2D eigenvalue weighted by Gasteiger charge is 2.30. The molecule has 0 aliphatic heterocycles. The topological polar surface area (TPSA) is 237 Å². The molecule has 0 spiro atoms. The Morgan fingerprint density at radius 3 is 0.870 bits per heavy atom. The first-order chi connectivity index (χ1) is 48.7. The van der Waals surface area contributed by atoms with E-state index in [-0.39, 0.29) is 25.7 Å². The van der Waals surface area contributed by atoms with E-state index in [1.807, 2.05) is 0 Å². The molecule has 0 aromatic heterocycles. The number of carbonyl (C=O) groups excluding carboxylic acids is 4. The Labute approximate surface area is 607 Å². The van der Waals surface area contributed by atoms with Crippen LogP contribution in [0.1, 0.15) is 323 Å². The number of esters is 4. The predicted octanol–water partition coefficient (Wildman–Crippen LogP) is 22.6. The first kappa shape index (κ1) is 95.7. The first-order valence-corrected chi connectivity index (χ1v) is 42.1. The molecule has 0 amide bonds. The summed E-state index contributed by atoms with van der Waals surface area (Å²) >= 11 is 0. The molecule has 0 rings (SSSR count). The lowest BCUT2D eigenvalue weighted by Crippen LogP contribution is -2.30. The molecule has 19 heteroatoms. The lowest BCUT2D eigenvalue weighted by Gasteiger charge is -2.21. The number of phosphoric acid groups is 2. The molecule has 0 saturated carbocycles. The molecule has 5 atom stereocenters. The van der Waals surface area contributed by atoms with Gasteiger partial charge in [-0.1, -0.05) is 259 Å². The van der Waals surface area contributed by atoms with Crippen molar-refractivity contribution in [1.29, 1.82) is 0 Å². The van der Waals surface area contributed by atoms with Crippen molar-refractivity contribution in [2.45, 2.75) is 341 Å². The summed E-state index contributed by atoms with van der Waals surface area (Å²) in [5, 5.41) is 10.6. The molecule has 3 N–H and O–H groups in total. The van der Waals surface area contributed by atoms with Crippen LogP contribution in [0.5, 0.6) is 0 Å². The van der Waals surface area contributed by atoms with E-state index in [0.29, 0.717) is 25.7 Å². The van der Waals surface area contributed by atoms with Crippen molar-refractivity contribution in [2.24, 2.45) is 0 Å². The van der Waals surface area contributed by atoms with E-state index in [4.69, 9.17) is 37.0 Å². The second-order valence-electron chi connectivity index (χ2n) is 25.9. The molecule has 100 heavy (non-hydrogen) atoms. The molecule has 0 fully saturated rings. The van der Waals surface area contributed by atoms with E-state index >= 15 is 0 Å². The van der Waals surface area contributed by atoms with Crippen LogP contribution in [0.4, 0.5) is 0 Å². The monoisotopic (exact) mass is 1450 g/mol. The third kappa shape index (κ3) is 72.1. The Hall–Kier alpha value is -4.28. The fourth-order valence-electron chi connectivity index (χ4n) is 10.2. The Morgan fingerprint density at radius 1 is 0.290 bits per heavy atom. The van der Waals surface area contributed by atoms with Gasteiger partial charge < -0.3 is 33.8 Å². The third-order valence-corrected chi connectivity index (χ3v) is 18.1. The molecule has 5 unspecified atom stereocenters. The largest absolute Gasteiger partial charge is 0.472 e. The fourth-order valence-corrected chi connectivity index (χ4v) is 11.8. The van der Waals surface area contributed by atoms with E-state index in [2.05, 4.69) is 137 Å². The summed E-state index contributed by atoms with van der Waals surface area (Å²) in [4.78, 5) is 72.9. The molecule has 17 nitrogen and oxygen atoms in total. The van der Waals surface area contributed by atoms with Gasteiger partial charge in [0.05, 0.1) is 26.4 Å². The van der Waals surface area contributed by atoms with Crippen molar-refractivity contribution < 1.29 is 80.2 Å². The SMILES string of the molecule is CC/C=C\C/C=C\C/C=C\C/C=C\CCCCCCC(=O)OCC(COP(=O)(O)OCC(O)COP(=O)(O)OCC(COC(=O)CCCCCCC/C=C\C/C=C\CCCCC)OC(=O)CCCCCCC/C=C\CCCCCCCC)OC(=O)CCCCCCC/C=C\C/C=C\CCC. The second-order valence-corrected chi connectivity index (χ2v) is 28.8. The zero-order valence-corrected chi connectivity index (χ0v) is 64.6. The fraction of sp³-hybridized carbons (Fsp3) is 0.728. The molecule has 0 saturated heterocycles. The second kappa shape index (κ2) is 73.0. The molecule has 0 aliphatic carbocycles. The van der Waals surface area contributed by atoms with Gasteiger partial charge in [0, 0.05) is 25.7 Å². The van der Waals surface area contributed by atoms with Gasteiger partial charge in [-0.05, 0) is 148 Å². The summed E-state index contributed by atoms with van der Waals surface area (Å²) in [6.45, 7) is 4.62. The molecule has 0 bridgehead atoms.